The van der Waals surface area contributed by atoms with Crippen molar-refractivity contribution in [1.29, 1.82) is 0 Å². The first-order chi connectivity index (χ1) is 7.18. The first kappa shape index (κ1) is 10.5. The van der Waals surface area contributed by atoms with E-state index in [4.69, 9.17) is 10.5 Å². The molecule has 0 spiro atoms. The van der Waals surface area contributed by atoms with Gasteiger partial charge in [-0.3, -0.25) is 4.68 Å². The molecule has 1 aromatic rings. The largest absolute Gasteiger partial charge is 0.396 e. The molecule has 1 aliphatic heterocycles. The van der Waals surface area contributed by atoms with Crippen molar-refractivity contribution >= 4 is 5.69 Å². The van der Waals surface area contributed by atoms with Gasteiger partial charge >= 0.3 is 0 Å². The molecule has 1 saturated heterocycles. The molecule has 2 heterocycles. The lowest BCUT2D eigenvalue weighted by Gasteiger charge is -2.09. The summed E-state index contributed by atoms with van der Waals surface area (Å²) in [6.07, 6.45) is 3.86. The van der Waals surface area contributed by atoms with E-state index in [2.05, 4.69) is 5.10 Å². The number of ether oxygens (including phenoxy) is 1. The minimum atomic E-state index is 0.426. The Morgan fingerprint density at radius 1 is 1.53 bits per heavy atom. The van der Waals surface area contributed by atoms with Gasteiger partial charge in [-0.25, -0.2) is 0 Å². The highest BCUT2D eigenvalue weighted by atomic mass is 16.5. The van der Waals surface area contributed by atoms with Gasteiger partial charge in [-0.1, -0.05) is 0 Å². The Labute approximate surface area is 90.4 Å². The van der Waals surface area contributed by atoms with Crippen LogP contribution in [0, 0.1) is 13.8 Å². The zero-order chi connectivity index (χ0) is 10.8. The lowest BCUT2D eigenvalue weighted by Crippen LogP contribution is -2.12. The molecule has 1 aromatic heterocycles. The quantitative estimate of drug-likeness (QED) is 0.823. The van der Waals surface area contributed by atoms with Gasteiger partial charge in [-0.2, -0.15) is 5.10 Å². The SMILES string of the molecule is Cc1nn(CCC2CCCO2)c(C)c1N. The maximum atomic E-state index is 5.87. The molecule has 0 radical (unpaired) electrons. The summed E-state index contributed by atoms with van der Waals surface area (Å²) in [4.78, 5) is 0. The van der Waals surface area contributed by atoms with Crippen LogP contribution in [-0.4, -0.2) is 22.5 Å². The third-order valence-corrected chi connectivity index (χ3v) is 3.12. The van der Waals surface area contributed by atoms with Crippen molar-refractivity contribution in [2.75, 3.05) is 12.3 Å². The summed E-state index contributed by atoms with van der Waals surface area (Å²) in [5, 5.41) is 4.41. The van der Waals surface area contributed by atoms with E-state index >= 15 is 0 Å². The van der Waals surface area contributed by atoms with Crippen LogP contribution in [-0.2, 0) is 11.3 Å². The Hall–Kier alpha value is -1.03. The second-order valence-corrected chi connectivity index (χ2v) is 4.23. The number of rotatable bonds is 3. The van der Waals surface area contributed by atoms with Gasteiger partial charge in [-0.15, -0.1) is 0 Å². The van der Waals surface area contributed by atoms with Crippen LogP contribution in [0.4, 0.5) is 5.69 Å². The number of aromatic nitrogens is 2. The fraction of sp³-hybridized carbons (Fsp3) is 0.727. The fourth-order valence-corrected chi connectivity index (χ4v) is 2.07. The standard InChI is InChI=1S/C11H19N3O/c1-8-11(12)9(2)14(13-8)6-5-10-4-3-7-15-10/h10H,3-7,12H2,1-2H3. The van der Waals surface area contributed by atoms with E-state index in [1.807, 2.05) is 18.5 Å². The highest BCUT2D eigenvalue weighted by Crippen LogP contribution is 2.19. The number of hydrogen-bond donors (Lipinski definition) is 1. The van der Waals surface area contributed by atoms with Gasteiger partial charge in [-0.05, 0) is 33.1 Å². The lowest BCUT2D eigenvalue weighted by molar-refractivity contribution is 0.0992. The molecule has 0 saturated carbocycles. The number of hydrogen-bond acceptors (Lipinski definition) is 3. The number of nitrogen functional groups attached to an aromatic ring is 1. The van der Waals surface area contributed by atoms with E-state index in [9.17, 15) is 0 Å². The van der Waals surface area contributed by atoms with Gasteiger partial charge in [0.2, 0.25) is 0 Å². The predicted octanol–water partition coefficient (Wildman–Crippen LogP) is 1.65. The maximum absolute atomic E-state index is 5.87. The molecule has 0 aromatic carbocycles. The molecule has 0 aliphatic carbocycles. The van der Waals surface area contributed by atoms with Crippen molar-refractivity contribution in [3.8, 4) is 0 Å². The Balaban J connectivity index is 1.95. The van der Waals surface area contributed by atoms with Crippen LogP contribution in [0.2, 0.25) is 0 Å². The average Bonchev–Trinajstić information content (AvgIpc) is 2.80. The van der Waals surface area contributed by atoms with Crippen molar-refractivity contribution in [3.05, 3.63) is 11.4 Å². The molecular formula is C11H19N3O. The van der Waals surface area contributed by atoms with Gasteiger partial charge < -0.3 is 10.5 Å². The first-order valence-corrected chi connectivity index (χ1v) is 5.59. The number of anilines is 1. The molecule has 0 amide bonds. The zero-order valence-electron chi connectivity index (χ0n) is 9.49. The molecule has 1 aliphatic rings. The second-order valence-electron chi connectivity index (χ2n) is 4.23. The van der Waals surface area contributed by atoms with E-state index < -0.39 is 0 Å². The summed E-state index contributed by atoms with van der Waals surface area (Å²) in [5.41, 5.74) is 8.70. The molecule has 0 bridgehead atoms. The summed E-state index contributed by atoms with van der Waals surface area (Å²) in [6.45, 7) is 5.80. The Bertz CT molecular complexity index is 340. The molecule has 4 nitrogen and oxygen atoms in total. The van der Waals surface area contributed by atoms with Crippen molar-refractivity contribution in [2.45, 2.75) is 45.8 Å². The molecule has 84 valence electrons. The van der Waals surface area contributed by atoms with E-state index in [-0.39, 0.29) is 0 Å². The Morgan fingerprint density at radius 3 is 2.87 bits per heavy atom. The summed E-state index contributed by atoms with van der Waals surface area (Å²) >= 11 is 0. The van der Waals surface area contributed by atoms with Crippen molar-refractivity contribution in [2.24, 2.45) is 0 Å². The molecule has 2 rings (SSSR count). The van der Waals surface area contributed by atoms with E-state index in [1.54, 1.807) is 0 Å². The number of aryl methyl sites for hydroxylation is 2. The first-order valence-electron chi connectivity index (χ1n) is 5.59. The highest BCUT2D eigenvalue weighted by molar-refractivity contribution is 5.46. The Kier molecular flexibility index (Phi) is 2.95. The Morgan fingerprint density at radius 2 is 2.33 bits per heavy atom. The van der Waals surface area contributed by atoms with Gasteiger partial charge in [0.25, 0.3) is 0 Å². The van der Waals surface area contributed by atoms with Gasteiger partial charge in [0.1, 0.15) is 0 Å². The third kappa shape index (κ3) is 2.15. The van der Waals surface area contributed by atoms with Crippen LogP contribution < -0.4 is 5.73 Å². The van der Waals surface area contributed by atoms with Crippen LogP contribution in [0.25, 0.3) is 0 Å². The van der Waals surface area contributed by atoms with Crippen molar-refractivity contribution in [3.63, 3.8) is 0 Å². The van der Waals surface area contributed by atoms with Crippen molar-refractivity contribution in [1.82, 2.24) is 9.78 Å². The average molecular weight is 209 g/mol. The van der Waals surface area contributed by atoms with Crippen LogP contribution in [0.5, 0.6) is 0 Å². The summed E-state index contributed by atoms with van der Waals surface area (Å²) in [6, 6.07) is 0. The zero-order valence-corrected chi connectivity index (χ0v) is 9.49. The minimum Gasteiger partial charge on any atom is -0.396 e. The number of nitrogens with two attached hydrogens (primary N) is 1. The summed E-state index contributed by atoms with van der Waals surface area (Å²) in [7, 11) is 0. The molecule has 4 heteroatoms. The lowest BCUT2D eigenvalue weighted by atomic mass is 10.2. The third-order valence-electron chi connectivity index (χ3n) is 3.12. The number of nitrogens with zero attached hydrogens (tertiary/aromatic N) is 2. The molecule has 1 atom stereocenters. The van der Waals surface area contributed by atoms with Crippen LogP contribution in [0.15, 0.2) is 0 Å². The predicted molar refractivity (Wildman–Crippen MR) is 59.7 cm³/mol. The van der Waals surface area contributed by atoms with Gasteiger partial charge in [0, 0.05) is 13.2 Å². The van der Waals surface area contributed by atoms with Crippen LogP contribution in [0.3, 0.4) is 0 Å². The summed E-state index contributed by atoms with van der Waals surface area (Å²) in [5.74, 6) is 0. The monoisotopic (exact) mass is 209 g/mol. The smallest absolute Gasteiger partial charge is 0.0825 e. The topological polar surface area (TPSA) is 53.1 Å². The van der Waals surface area contributed by atoms with E-state index in [0.717, 1.165) is 36.6 Å². The fourth-order valence-electron chi connectivity index (χ4n) is 2.07. The van der Waals surface area contributed by atoms with Gasteiger partial charge in [0.05, 0.1) is 23.2 Å². The minimum absolute atomic E-state index is 0.426. The molecular weight excluding hydrogens is 190 g/mol. The molecule has 2 N–H and O–H groups in total. The van der Waals surface area contributed by atoms with E-state index in [1.165, 1.54) is 12.8 Å². The van der Waals surface area contributed by atoms with Crippen LogP contribution in [0.1, 0.15) is 30.7 Å². The van der Waals surface area contributed by atoms with Crippen LogP contribution >= 0.6 is 0 Å². The van der Waals surface area contributed by atoms with Crippen molar-refractivity contribution < 1.29 is 4.74 Å². The maximum Gasteiger partial charge on any atom is 0.0825 e. The van der Waals surface area contributed by atoms with E-state index in [0.29, 0.717) is 6.10 Å². The summed E-state index contributed by atoms with van der Waals surface area (Å²) < 4.78 is 7.57. The highest BCUT2D eigenvalue weighted by Gasteiger charge is 2.16. The normalized spacial score (nSPS) is 21.1. The molecule has 15 heavy (non-hydrogen) atoms. The second kappa shape index (κ2) is 4.23. The molecule has 1 fully saturated rings. The molecule has 1 unspecified atom stereocenters. The van der Waals surface area contributed by atoms with Gasteiger partial charge in [0.15, 0.2) is 0 Å².